The van der Waals surface area contributed by atoms with Crippen molar-refractivity contribution in [1.29, 1.82) is 0 Å². The molecule has 0 bridgehead atoms. The Balaban J connectivity index is 2.44. The second kappa shape index (κ2) is 7.11. The average molecular weight is 293 g/mol. The molecule has 0 spiro atoms. The van der Waals surface area contributed by atoms with Gasteiger partial charge < -0.3 is 15.2 Å². The van der Waals surface area contributed by atoms with Crippen molar-refractivity contribution in [3.8, 4) is 5.75 Å². The Bertz CT molecular complexity index is 505. The average Bonchev–Trinajstić information content (AvgIpc) is 2.32. The normalized spacial score (nSPS) is 12.6. The molecule has 0 aliphatic heterocycles. The standard InChI is InChI=1S/C16H23NO4/c1-11-6-5-7-12(10-11)21-9-8-17-14(18)13(15(19)20)16(2,3)4/h5-7,10,13H,8-9H2,1-4H3,(H,17,18)(H,19,20). The van der Waals surface area contributed by atoms with Crippen LogP contribution in [0, 0.1) is 18.3 Å². The number of amides is 1. The maximum absolute atomic E-state index is 11.9. The number of rotatable bonds is 6. The highest BCUT2D eigenvalue weighted by Crippen LogP contribution is 2.26. The Kier molecular flexibility index (Phi) is 5.76. The third-order valence-corrected chi connectivity index (χ3v) is 3.03. The molecule has 1 aromatic rings. The van der Waals surface area contributed by atoms with E-state index in [0.29, 0.717) is 6.61 Å². The fourth-order valence-corrected chi connectivity index (χ4v) is 2.03. The summed E-state index contributed by atoms with van der Waals surface area (Å²) in [6.07, 6.45) is 0. The third-order valence-electron chi connectivity index (χ3n) is 3.03. The number of benzene rings is 1. The highest BCUT2D eigenvalue weighted by Gasteiger charge is 2.37. The van der Waals surface area contributed by atoms with Gasteiger partial charge in [-0.05, 0) is 30.0 Å². The molecule has 0 radical (unpaired) electrons. The van der Waals surface area contributed by atoms with Crippen LogP contribution in [0.2, 0.25) is 0 Å². The lowest BCUT2D eigenvalue weighted by atomic mass is 9.80. The van der Waals surface area contributed by atoms with E-state index in [1.54, 1.807) is 20.8 Å². The van der Waals surface area contributed by atoms with Gasteiger partial charge >= 0.3 is 5.97 Å². The topological polar surface area (TPSA) is 75.6 Å². The summed E-state index contributed by atoms with van der Waals surface area (Å²) in [6, 6.07) is 7.60. The predicted octanol–water partition coefficient (Wildman–Crippen LogP) is 2.24. The minimum Gasteiger partial charge on any atom is -0.492 e. The molecule has 2 N–H and O–H groups in total. The van der Waals surface area contributed by atoms with Crippen LogP contribution in [0.4, 0.5) is 0 Å². The van der Waals surface area contributed by atoms with E-state index in [1.165, 1.54) is 0 Å². The van der Waals surface area contributed by atoms with Gasteiger partial charge in [0.05, 0.1) is 6.54 Å². The molecule has 0 aromatic heterocycles. The molecule has 1 unspecified atom stereocenters. The number of carboxylic acids is 1. The van der Waals surface area contributed by atoms with Crippen LogP contribution in [0.1, 0.15) is 26.3 Å². The second-order valence-electron chi connectivity index (χ2n) is 6.09. The Morgan fingerprint density at radius 2 is 2.00 bits per heavy atom. The van der Waals surface area contributed by atoms with Crippen molar-refractivity contribution in [2.45, 2.75) is 27.7 Å². The summed E-state index contributed by atoms with van der Waals surface area (Å²) < 4.78 is 5.50. The third kappa shape index (κ3) is 5.45. The van der Waals surface area contributed by atoms with Crippen LogP contribution in [-0.4, -0.2) is 30.1 Å². The highest BCUT2D eigenvalue weighted by molar-refractivity contribution is 5.97. The van der Waals surface area contributed by atoms with Crippen molar-refractivity contribution in [1.82, 2.24) is 5.32 Å². The number of nitrogens with one attached hydrogen (secondary N) is 1. The molecule has 1 aromatic carbocycles. The number of aryl methyl sites for hydroxylation is 1. The number of hydrogen-bond donors (Lipinski definition) is 2. The number of ether oxygens (including phenoxy) is 1. The fourth-order valence-electron chi connectivity index (χ4n) is 2.03. The van der Waals surface area contributed by atoms with Gasteiger partial charge in [-0.1, -0.05) is 32.9 Å². The number of hydrogen-bond acceptors (Lipinski definition) is 3. The summed E-state index contributed by atoms with van der Waals surface area (Å²) in [5.74, 6) is -1.94. The van der Waals surface area contributed by atoms with Crippen molar-refractivity contribution in [3.05, 3.63) is 29.8 Å². The van der Waals surface area contributed by atoms with Crippen molar-refractivity contribution < 1.29 is 19.4 Å². The predicted molar refractivity (Wildman–Crippen MR) is 80.3 cm³/mol. The lowest BCUT2D eigenvalue weighted by molar-refractivity contribution is -0.151. The van der Waals surface area contributed by atoms with E-state index >= 15 is 0 Å². The molecule has 0 heterocycles. The zero-order valence-corrected chi connectivity index (χ0v) is 13.0. The van der Waals surface area contributed by atoms with Crippen molar-refractivity contribution >= 4 is 11.9 Å². The molecule has 116 valence electrons. The first-order valence-corrected chi connectivity index (χ1v) is 6.92. The minimum atomic E-state index is -1.11. The van der Waals surface area contributed by atoms with Crippen molar-refractivity contribution in [2.24, 2.45) is 11.3 Å². The summed E-state index contributed by atoms with van der Waals surface area (Å²) in [5, 5.41) is 11.8. The van der Waals surface area contributed by atoms with Crippen molar-refractivity contribution in [2.75, 3.05) is 13.2 Å². The number of carboxylic acid groups (broad SMARTS) is 1. The summed E-state index contributed by atoms with van der Waals surface area (Å²) in [7, 11) is 0. The van der Waals surface area contributed by atoms with Crippen LogP contribution in [0.3, 0.4) is 0 Å². The van der Waals surface area contributed by atoms with Gasteiger partial charge in [-0.25, -0.2) is 0 Å². The molecule has 5 nitrogen and oxygen atoms in total. The van der Waals surface area contributed by atoms with Gasteiger partial charge in [0.2, 0.25) is 5.91 Å². The van der Waals surface area contributed by atoms with E-state index in [0.717, 1.165) is 11.3 Å². The lowest BCUT2D eigenvalue weighted by Gasteiger charge is -2.25. The smallest absolute Gasteiger partial charge is 0.316 e. The maximum Gasteiger partial charge on any atom is 0.316 e. The number of carbonyl (C=O) groups excluding carboxylic acids is 1. The Morgan fingerprint density at radius 1 is 1.33 bits per heavy atom. The molecular formula is C16H23NO4. The molecule has 0 saturated heterocycles. The molecule has 0 saturated carbocycles. The Morgan fingerprint density at radius 3 is 2.52 bits per heavy atom. The van der Waals surface area contributed by atoms with Crippen LogP contribution < -0.4 is 10.1 Å². The molecule has 21 heavy (non-hydrogen) atoms. The van der Waals surface area contributed by atoms with Gasteiger partial charge in [0.25, 0.3) is 0 Å². The second-order valence-corrected chi connectivity index (χ2v) is 6.09. The summed E-state index contributed by atoms with van der Waals surface area (Å²) in [4.78, 5) is 23.1. The maximum atomic E-state index is 11.9. The van der Waals surface area contributed by atoms with E-state index in [1.807, 2.05) is 31.2 Å². The van der Waals surface area contributed by atoms with E-state index in [9.17, 15) is 9.59 Å². The first kappa shape index (κ1) is 17.0. The first-order chi connectivity index (χ1) is 9.71. The van der Waals surface area contributed by atoms with E-state index in [-0.39, 0.29) is 6.54 Å². The molecule has 0 aliphatic carbocycles. The Hall–Kier alpha value is -2.04. The molecular weight excluding hydrogens is 270 g/mol. The van der Waals surface area contributed by atoms with E-state index in [2.05, 4.69) is 5.32 Å². The highest BCUT2D eigenvalue weighted by atomic mass is 16.5. The van der Waals surface area contributed by atoms with Crippen LogP contribution in [0.25, 0.3) is 0 Å². The fraction of sp³-hybridized carbons (Fsp3) is 0.500. The van der Waals surface area contributed by atoms with Crippen LogP contribution in [-0.2, 0) is 9.59 Å². The Labute approximate surface area is 125 Å². The molecule has 0 fully saturated rings. The van der Waals surface area contributed by atoms with E-state index in [4.69, 9.17) is 9.84 Å². The van der Waals surface area contributed by atoms with Gasteiger partial charge in [-0.3, -0.25) is 9.59 Å². The summed E-state index contributed by atoms with van der Waals surface area (Å²) >= 11 is 0. The quantitative estimate of drug-likeness (QED) is 0.623. The number of aliphatic carboxylic acids is 1. The number of carbonyl (C=O) groups is 2. The van der Waals surface area contributed by atoms with Crippen LogP contribution in [0.5, 0.6) is 5.75 Å². The first-order valence-electron chi connectivity index (χ1n) is 6.92. The minimum absolute atomic E-state index is 0.270. The summed E-state index contributed by atoms with van der Waals surface area (Å²) in [5.41, 5.74) is 0.461. The van der Waals surface area contributed by atoms with E-state index < -0.39 is 23.2 Å². The zero-order chi connectivity index (χ0) is 16.0. The molecule has 1 rings (SSSR count). The monoisotopic (exact) mass is 293 g/mol. The molecule has 1 amide bonds. The van der Waals surface area contributed by atoms with Crippen LogP contribution in [0.15, 0.2) is 24.3 Å². The lowest BCUT2D eigenvalue weighted by Crippen LogP contribution is -2.43. The van der Waals surface area contributed by atoms with Crippen LogP contribution >= 0.6 is 0 Å². The van der Waals surface area contributed by atoms with Gasteiger partial charge in [0, 0.05) is 0 Å². The van der Waals surface area contributed by atoms with Gasteiger partial charge in [-0.15, -0.1) is 0 Å². The van der Waals surface area contributed by atoms with Gasteiger partial charge in [-0.2, -0.15) is 0 Å². The molecule has 1 atom stereocenters. The SMILES string of the molecule is Cc1cccc(OCCNC(=O)C(C(=O)O)C(C)(C)C)c1. The molecule has 5 heteroatoms. The molecule has 0 aliphatic rings. The van der Waals surface area contributed by atoms with Crippen molar-refractivity contribution in [3.63, 3.8) is 0 Å². The largest absolute Gasteiger partial charge is 0.492 e. The summed E-state index contributed by atoms with van der Waals surface area (Å²) in [6.45, 7) is 7.73. The van der Waals surface area contributed by atoms with Gasteiger partial charge in [0.15, 0.2) is 0 Å². The zero-order valence-electron chi connectivity index (χ0n) is 13.0. The van der Waals surface area contributed by atoms with Gasteiger partial charge in [0.1, 0.15) is 18.3 Å².